The van der Waals surface area contributed by atoms with Gasteiger partial charge < -0.3 is 15.4 Å². The fourth-order valence-electron chi connectivity index (χ4n) is 2.28. The van der Waals surface area contributed by atoms with Crippen molar-refractivity contribution in [1.82, 2.24) is 10.6 Å². The van der Waals surface area contributed by atoms with Gasteiger partial charge in [-0.25, -0.2) is 0 Å². The average molecular weight is 212 g/mol. The van der Waals surface area contributed by atoms with Crippen molar-refractivity contribution in [3.8, 4) is 0 Å². The van der Waals surface area contributed by atoms with Crippen molar-refractivity contribution < 1.29 is 9.53 Å². The normalized spacial score (nSPS) is 35.8. The Morgan fingerprint density at radius 1 is 1.40 bits per heavy atom. The summed E-state index contributed by atoms with van der Waals surface area (Å²) in [5.74, 6) is 0.188. The van der Waals surface area contributed by atoms with Gasteiger partial charge in [0.05, 0.1) is 12.2 Å². The Hall–Kier alpha value is -0.610. The Bertz CT molecular complexity index is 233. The molecule has 2 heterocycles. The Kier molecular flexibility index (Phi) is 3.59. The second-order valence-corrected chi connectivity index (χ2v) is 4.61. The molecule has 2 saturated heterocycles. The Morgan fingerprint density at radius 3 is 2.87 bits per heavy atom. The van der Waals surface area contributed by atoms with Crippen LogP contribution in [-0.2, 0) is 9.53 Å². The smallest absolute Gasteiger partial charge is 0.220 e. The van der Waals surface area contributed by atoms with E-state index in [4.69, 9.17) is 4.74 Å². The number of carbonyl (C=O) groups excluding carboxylic acids is 1. The third-order valence-electron chi connectivity index (χ3n) is 3.17. The maximum Gasteiger partial charge on any atom is 0.220 e. The molecule has 0 saturated carbocycles. The van der Waals surface area contributed by atoms with Gasteiger partial charge in [0.1, 0.15) is 0 Å². The van der Waals surface area contributed by atoms with Crippen molar-refractivity contribution in [2.24, 2.45) is 0 Å². The molecule has 0 aliphatic carbocycles. The summed E-state index contributed by atoms with van der Waals surface area (Å²) in [7, 11) is 0. The molecule has 3 unspecified atom stereocenters. The number of nitrogens with one attached hydrogen (secondary N) is 2. The minimum atomic E-state index is 0.188. The summed E-state index contributed by atoms with van der Waals surface area (Å²) < 4.78 is 5.70. The van der Waals surface area contributed by atoms with Gasteiger partial charge in [0.2, 0.25) is 5.91 Å². The van der Waals surface area contributed by atoms with Crippen LogP contribution in [0, 0.1) is 0 Å². The minimum Gasteiger partial charge on any atom is -0.374 e. The lowest BCUT2D eigenvalue weighted by Crippen LogP contribution is -2.38. The van der Waals surface area contributed by atoms with Gasteiger partial charge >= 0.3 is 0 Å². The van der Waals surface area contributed by atoms with Crippen LogP contribution in [0.3, 0.4) is 0 Å². The lowest BCUT2D eigenvalue weighted by atomic mass is 10.2. The molecule has 0 aromatic heterocycles. The standard InChI is InChI=1S/C11H20N2O2/c1-8-2-4-10(15-8)7-12-6-9-3-5-11(14)13-9/h8-10,12H,2-7H2,1H3,(H,13,14). The molecule has 2 N–H and O–H groups in total. The van der Waals surface area contributed by atoms with Crippen LogP contribution in [0.2, 0.25) is 0 Å². The highest BCUT2D eigenvalue weighted by molar-refractivity contribution is 5.78. The lowest BCUT2D eigenvalue weighted by molar-refractivity contribution is -0.119. The van der Waals surface area contributed by atoms with Gasteiger partial charge in [0.15, 0.2) is 0 Å². The third kappa shape index (κ3) is 3.18. The van der Waals surface area contributed by atoms with Crippen molar-refractivity contribution in [3.63, 3.8) is 0 Å². The fourth-order valence-corrected chi connectivity index (χ4v) is 2.28. The average Bonchev–Trinajstić information content (AvgIpc) is 2.76. The van der Waals surface area contributed by atoms with E-state index in [1.807, 2.05) is 0 Å². The maximum atomic E-state index is 11.0. The zero-order valence-electron chi connectivity index (χ0n) is 9.29. The first-order valence-corrected chi connectivity index (χ1v) is 5.89. The first kappa shape index (κ1) is 10.9. The van der Waals surface area contributed by atoms with E-state index < -0.39 is 0 Å². The van der Waals surface area contributed by atoms with E-state index in [0.717, 1.165) is 25.9 Å². The molecule has 0 spiro atoms. The molecule has 15 heavy (non-hydrogen) atoms. The summed E-state index contributed by atoms with van der Waals surface area (Å²) in [6.45, 7) is 3.91. The van der Waals surface area contributed by atoms with Crippen molar-refractivity contribution >= 4 is 5.91 Å². The number of hydrogen-bond donors (Lipinski definition) is 2. The molecule has 4 nitrogen and oxygen atoms in total. The van der Waals surface area contributed by atoms with Gasteiger partial charge in [0.25, 0.3) is 0 Å². The van der Waals surface area contributed by atoms with E-state index in [9.17, 15) is 4.79 Å². The van der Waals surface area contributed by atoms with Crippen LogP contribution in [0.15, 0.2) is 0 Å². The minimum absolute atomic E-state index is 0.188. The van der Waals surface area contributed by atoms with Crippen LogP contribution in [0.25, 0.3) is 0 Å². The van der Waals surface area contributed by atoms with E-state index in [2.05, 4.69) is 17.6 Å². The maximum absolute atomic E-state index is 11.0. The number of hydrogen-bond acceptors (Lipinski definition) is 3. The quantitative estimate of drug-likeness (QED) is 0.710. The number of carbonyl (C=O) groups is 1. The summed E-state index contributed by atoms with van der Waals surface area (Å²) in [5, 5.41) is 6.32. The molecule has 2 aliphatic heterocycles. The monoisotopic (exact) mass is 212 g/mol. The molecule has 0 bridgehead atoms. The Labute approximate surface area is 90.8 Å². The molecule has 2 rings (SSSR count). The number of ether oxygens (including phenoxy) is 1. The summed E-state index contributed by atoms with van der Waals surface area (Å²) in [6, 6.07) is 0.330. The summed E-state index contributed by atoms with van der Waals surface area (Å²) >= 11 is 0. The van der Waals surface area contributed by atoms with Crippen LogP contribution in [-0.4, -0.2) is 37.2 Å². The molecule has 0 aromatic carbocycles. The van der Waals surface area contributed by atoms with Gasteiger partial charge in [-0.15, -0.1) is 0 Å². The molecule has 2 fully saturated rings. The molecule has 0 aromatic rings. The molecule has 86 valence electrons. The van der Waals surface area contributed by atoms with Crippen LogP contribution in [0.5, 0.6) is 0 Å². The molecule has 3 atom stereocenters. The summed E-state index contributed by atoms with van der Waals surface area (Å²) in [5.41, 5.74) is 0. The number of rotatable bonds is 4. The predicted molar refractivity (Wildman–Crippen MR) is 57.6 cm³/mol. The highest BCUT2D eigenvalue weighted by atomic mass is 16.5. The molecular formula is C11H20N2O2. The first-order valence-electron chi connectivity index (χ1n) is 5.89. The van der Waals surface area contributed by atoms with Crippen molar-refractivity contribution in [1.29, 1.82) is 0 Å². The molecule has 4 heteroatoms. The van der Waals surface area contributed by atoms with E-state index in [1.165, 1.54) is 6.42 Å². The summed E-state index contributed by atoms with van der Waals surface area (Å²) in [4.78, 5) is 11.0. The molecular weight excluding hydrogens is 192 g/mol. The van der Waals surface area contributed by atoms with Crippen LogP contribution >= 0.6 is 0 Å². The van der Waals surface area contributed by atoms with Gasteiger partial charge in [-0.1, -0.05) is 0 Å². The first-order chi connectivity index (χ1) is 7.24. The van der Waals surface area contributed by atoms with E-state index >= 15 is 0 Å². The molecule has 1 amide bonds. The highest BCUT2D eigenvalue weighted by Gasteiger charge is 2.23. The topological polar surface area (TPSA) is 50.4 Å². The van der Waals surface area contributed by atoms with Gasteiger partial charge in [-0.2, -0.15) is 0 Å². The van der Waals surface area contributed by atoms with Crippen LogP contribution in [0.1, 0.15) is 32.6 Å². The van der Waals surface area contributed by atoms with Gasteiger partial charge in [-0.05, 0) is 26.2 Å². The Morgan fingerprint density at radius 2 is 2.27 bits per heavy atom. The van der Waals surface area contributed by atoms with Crippen molar-refractivity contribution in [3.05, 3.63) is 0 Å². The van der Waals surface area contributed by atoms with Crippen LogP contribution < -0.4 is 10.6 Å². The summed E-state index contributed by atoms with van der Waals surface area (Å²) in [6.07, 6.45) is 4.77. The number of amides is 1. The van der Waals surface area contributed by atoms with Gasteiger partial charge in [0, 0.05) is 25.6 Å². The van der Waals surface area contributed by atoms with Crippen molar-refractivity contribution in [2.45, 2.75) is 50.9 Å². The van der Waals surface area contributed by atoms with E-state index in [1.54, 1.807) is 0 Å². The second-order valence-electron chi connectivity index (χ2n) is 4.61. The SMILES string of the molecule is CC1CCC(CNCC2CCC(=O)N2)O1. The zero-order chi connectivity index (χ0) is 10.7. The predicted octanol–water partition coefficient (Wildman–Crippen LogP) is 0.422. The third-order valence-corrected chi connectivity index (χ3v) is 3.17. The van der Waals surface area contributed by atoms with Gasteiger partial charge in [-0.3, -0.25) is 4.79 Å². The Balaban J connectivity index is 1.57. The second kappa shape index (κ2) is 4.94. The molecule has 2 aliphatic rings. The van der Waals surface area contributed by atoms with Crippen molar-refractivity contribution in [2.75, 3.05) is 13.1 Å². The zero-order valence-corrected chi connectivity index (χ0v) is 9.29. The lowest BCUT2D eigenvalue weighted by Gasteiger charge is -2.15. The molecule has 0 radical (unpaired) electrons. The van der Waals surface area contributed by atoms with E-state index in [-0.39, 0.29) is 5.91 Å². The fraction of sp³-hybridized carbons (Fsp3) is 0.909. The highest BCUT2D eigenvalue weighted by Crippen LogP contribution is 2.18. The largest absolute Gasteiger partial charge is 0.374 e. The van der Waals surface area contributed by atoms with Crippen LogP contribution in [0.4, 0.5) is 0 Å². The van der Waals surface area contributed by atoms with E-state index in [0.29, 0.717) is 24.7 Å².